The van der Waals surface area contributed by atoms with Gasteiger partial charge in [0.15, 0.2) is 11.6 Å². The van der Waals surface area contributed by atoms with Crippen molar-refractivity contribution in [1.82, 2.24) is 4.98 Å². The van der Waals surface area contributed by atoms with Gasteiger partial charge in [0.05, 0.1) is 5.69 Å². The second-order valence-corrected chi connectivity index (χ2v) is 5.88. The van der Waals surface area contributed by atoms with Crippen molar-refractivity contribution < 1.29 is 9.59 Å². The van der Waals surface area contributed by atoms with Crippen LogP contribution >= 0.6 is 0 Å². The van der Waals surface area contributed by atoms with E-state index in [4.69, 9.17) is 0 Å². The van der Waals surface area contributed by atoms with Gasteiger partial charge < -0.3 is 4.98 Å². The Balaban J connectivity index is 1.93. The molecule has 0 saturated heterocycles. The van der Waals surface area contributed by atoms with E-state index >= 15 is 0 Å². The molecule has 3 heteroatoms. The third-order valence-corrected chi connectivity index (χ3v) is 4.25. The Labute approximate surface area is 121 Å². The van der Waals surface area contributed by atoms with Crippen LogP contribution in [0.1, 0.15) is 85.6 Å². The van der Waals surface area contributed by atoms with Crippen LogP contribution in [0.3, 0.4) is 0 Å². The molecule has 0 atom stereocenters. The van der Waals surface area contributed by atoms with E-state index in [9.17, 15) is 9.59 Å². The van der Waals surface area contributed by atoms with E-state index in [1.807, 2.05) is 0 Å². The third kappa shape index (κ3) is 3.81. The molecule has 2 rings (SSSR count). The number of hydrogen-bond donors (Lipinski definition) is 1. The molecule has 0 spiro atoms. The van der Waals surface area contributed by atoms with Crippen LogP contribution in [0.2, 0.25) is 0 Å². The second-order valence-electron chi connectivity index (χ2n) is 5.88. The van der Waals surface area contributed by atoms with E-state index in [2.05, 4.69) is 11.9 Å². The normalized spacial score (nSPS) is 16.2. The van der Waals surface area contributed by atoms with Gasteiger partial charge in [0.1, 0.15) is 0 Å². The maximum absolute atomic E-state index is 12.4. The Hall–Kier alpha value is -1.38. The molecule has 1 aromatic heterocycles. The average Bonchev–Trinajstić information content (AvgIpc) is 2.97. The number of Topliss-reactive ketones (excluding diaryl/α,β-unsaturated/α-hetero) is 2. The van der Waals surface area contributed by atoms with Gasteiger partial charge in [0.25, 0.3) is 0 Å². The molecule has 20 heavy (non-hydrogen) atoms. The lowest BCUT2D eigenvalue weighted by Crippen LogP contribution is -2.18. The smallest absolute Gasteiger partial charge is 0.182 e. The fourth-order valence-electron chi connectivity index (χ4n) is 2.96. The number of carbonyl (C=O) groups excluding carboxylic acids is 2. The SMILES string of the molecule is CCCCCC(=O)c1c[nH]c(C(=O)C2CCCCC2)c1. The minimum atomic E-state index is 0.150. The van der Waals surface area contributed by atoms with Gasteiger partial charge in [-0.25, -0.2) is 0 Å². The summed E-state index contributed by atoms with van der Waals surface area (Å²) in [5.41, 5.74) is 1.29. The van der Waals surface area contributed by atoms with Crippen LogP contribution in [0.25, 0.3) is 0 Å². The topological polar surface area (TPSA) is 49.9 Å². The Morgan fingerprint density at radius 2 is 1.95 bits per heavy atom. The highest BCUT2D eigenvalue weighted by atomic mass is 16.1. The number of ketones is 2. The Kier molecular flexibility index (Phi) is 5.57. The number of carbonyl (C=O) groups is 2. The summed E-state index contributed by atoms with van der Waals surface area (Å²) in [4.78, 5) is 27.4. The summed E-state index contributed by atoms with van der Waals surface area (Å²) in [5.74, 6) is 0.500. The summed E-state index contributed by atoms with van der Waals surface area (Å²) in [5, 5.41) is 0. The molecular weight excluding hydrogens is 250 g/mol. The van der Waals surface area contributed by atoms with E-state index < -0.39 is 0 Å². The van der Waals surface area contributed by atoms with E-state index in [1.165, 1.54) is 6.42 Å². The first-order valence-corrected chi connectivity index (χ1v) is 7.98. The number of aromatic amines is 1. The fourth-order valence-corrected chi connectivity index (χ4v) is 2.96. The first-order chi connectivity index (χ1) is 9.72. The predicted molar refractivity (Wildman–Crippen MR) is 80.2 cm³/mol. The number of rotatable bonds is 7. The first-order valence-electron chi connectivity index (χ1n) is 7.98. The van der Waals surface area contributed by atoms with E-state index in [-0.39, 0.29) is 17.5 Å². The summed E-state index contributed by atoms with van der Waals surface area (Å²) in [6.45, 7) is 2.13. The van der Waals surface area contributed by atoms with Crippen molar-refractivity contribution in [3.63, 3.8) is 0 Å². The van der Waals surface area contributed by atoms with Gasteiger partial charge in [0, 0.05) is 24.1 Å². The molecule has 1 aliphatic rings. The molecular formula is C17H25NO2. The van der Waals surface area contributed by atoms with E-state index in [0.717, 1.165) is 44.9 Å². The summed E-state index contributed by atoms with van der Waals surface area (Å²) in [7, 11) is 0. The maximum Gasteiger partial charge on any atom is 0.182 e. The van der Waals surface area contributed by atoms with Crippen LogP contribution < -0.4 is 0 Å². The molecule has 1 fully saturated rings. The van der Waals surface area contributed by atoms with E-state index in [0.29, 0.717) is 17.7 Å². The zero-order valence-electron chi connectivity index (χ0n) is 12.4. The summed E-state index contributed by atoms with van der Waals surface area (Å²) in [6.07, 6.45) is 11.0. The molecule has 0 aliphatic heterocycles. The molecule has 1 aliphatic carbocycles. The van der Waals surface area contributed by atoms with Crippen molar-refractivity contribution in [2.75, 3.05) is 0 Å². The zero-order chi connectivity index (χ0) is 14.4. The molecule has 0 amide bonds. The van der Waals surface area contributed by atoms with Crippen LogP contribution in [-0.4, -0.2) is 16.6 Å². The second kappa shape index (κ2) is 7.41. The molecule has 0 bridgehead atoms. The average molecular weight is 275 g/mol. The lowest BCUT2D eigenvalue weighted by Gasteiger charge is -2.19. The number of aromatic nitrogens is 1. The standard InChI is InChI=1S/C17H25NO2/c1-2-3-5-10-16(19)14-11-15(18-12-14)17(20)13-8-6-4-7-9-13/h11-13,18H,2-10H2,1H3. The van der Waals surface area contributed by atoms with Crippen molar-refractivity contribution in [3.05, 3.63) is 23.5 Å². The van der Waals surface area contributed by atoms with Gasteiger partial charge in [-0.3, -0.25) is 9.59 Å². The van der Waals surface area contributed by atoms with Crippen LogP contribution in [0, 0.1) is 5.92 Å². The van der Waals surface area contributed by atoms with Crippen molar-refractivity contribution in [2.24, 2.45) is 5.92 Å². The van der Waals surface area contributed by atoms with Gasteiger partial charge in [0.2, 0.25) is 0 Å². The van der Waals surface area contributed by atoms with Crippen molar-refractivity contribution >= 4 is 11.6 Å². The quantitative estimate of drug-likeness (QED) is 0.586. The molecule has 0 unspecified atom stereocenters. The number of unbranched alkanes of at least 4 members (excludes halogenated alkanes) is 2. The molecule has 1 N–H and O–H groups in total. The van der Waals surface area contributed by atoms with Gasteiger partial charge in [-0.05, 0) is 25.3 Å². The molecule has 1 aromatic rings. The minimum Gasteiger partial charge on any atom is -0.358 e. The molecule has 0 aromatic carbocycles. The Morgan fingerprint density at radius 1 is 1.20 bits per heavy atom. The maximum atomic E-state index is 12.4. The highest BCUT2D eigenvalue weighted by molar-refractivity contribution is 6.01. The lowest BCUT2D eigenvalue weighted by atomic mass is 9.85. The van der Waals surface area contributed by atoms with E-state index in [1.54, 1.807) is 12.3 Å². The van der Waals surface area contributed by atoms with Crippen LogP contribution in [0.4, 0.5) is 0 Å². The van der Waals surface area contributed by atoms with Crippen LogP contribution in [0.5, 0.6) is 0 Å². The Morgan fingerprint density at radius 3 is 2.65 bits per heavy atom. The van der Waals surface area contributed by atoms with Gasteiger partial charge in [-0.2, -0.15) is 0 Å². The number of nitrogens with one attached hydrogen (secondary N) is 1. The highest BCUT2D eigenvalue weighted by Crippen LogP contribution is 2.26. The summed E-state index contributed by atoms with van der Waals surface area (Å²) >= 11 is 0. The van der Waals surface area contributed by atoms with Crippen LogP contribution in [0.15, 0.2) is 12.3 Å². The van der Waals surface area contributed by atoms with Gasteiger partial charge in [-0.15, -0.1) is 0 Å². The lowest BCUT2D eigenvalue weighted by molar-refractivity contribution is 0.0885. The Bertz CT molecular complexity index is 455. The number of hydrogen-bond acceptors (Lipinski definition) is 2. The van der Waals surface area contributed by atoms with Crippen molar-refractivity contribution in [1.29, 1.82) is 0 Å². The zero-order valence-corrected chi connectivity index (χ0v) is 12.4. The molecule has 110 valence electrons. The third-order valence-electron chi connectivity index (χ3n) is 4.25. The largest absolute Gasteiger partial charge is 0.358 e. The summed E-state index contributed by atoms with van der Waals surface area (Å²) in [6, 6.07) is 1.76. The number of H-pyrrole nitrogens is 1. The molecule has 3 nitrogen and oxygen atoms in total. The summed E-state index contributed by atoms with van der Waals surface area (Å²) < 4.78 is 0. The highest BCUT2D eigenvalue weighted by Gasteiger charge is 2.23. The molecule has 0 radical (unpaired) electrons. The van der Waals surface area contributed by atoms with Crippen molar-refractivity contribution in [3.8, 4) is 0 Å². The van der Waals surface area contributed by atoms with Crippen molar-refractivity contribution in [2.45, 2.75) is 64.7 Å². The molecule has 1 saturated carbocycles. The monoisotopic (exact) mass is 275 g/mol. The van der Waals surface area contributed by atoms with Crippen LogP contribution in [-0.2, 0) is 0 Å². The predicted octanol–water partition coefficient (Wildman–Crippen LogP) is 4.54. The minimum absolute atomic E-state index is 0.150. The first kappa shape index (κ1) is 15.0. The fraction of sp³-hybridized carbons (Fsp3) is 0.647. The van der Waals surface area contributed by atoms with Gasteiger partial charge in [-0.1, -0.05) is 39.0 Å². The van der Waals surface area contributed by atoms with Gasteiger partial charge >= 0.3 is 0 Å². The molecule has 1 heterocycles.